The van der Waals surface area contributed by atoms with Crippen molar-refractivity contribution in [2.45, 2.75) is 31.2 Å². The van der Waals surface area contributed by atoms with Gasteiger partial charge in [-0.3, -0.25) is 4.90 Å². The highest BCUT2D eigenvalue weighted by molar-refractivity contribution is 7.89. The molecule has 0 bridgehead atoms. The molecule has 1 fully saturated rings. The molecule has 0 aliphatic carbocycles. The van der Waals surface area contributed by atoms with Crippen molar-refractivity contribution in [1.29, 1.82) is 0 Å². The van der Waals surface area contributed by atoms with Crippen molar-refractivity contribution in [3.05, 3.63) is 35.4 Å². The zero-order valence-corrected chi connectivity index (χ0v) is 13.8. The molecule has 6 nitrogen and oxygen atoms in total. The van der Waals surface area contributed by atoms with Gasteiger partial charge in [0.1, 0.15) is 5.25 Å². The molecular formula is C15H24N2O4S. The lowest BCUT2D eigenvalue weighted by Crippen LogP contribution is -2.38. The van der Waals surface area contributed by atoms with E-state index in [-0.39, 0.29) is 0 Å². The maximum absolute atomic E-state index is 11.8. The lowest BCUT2D eigenvalue weighted by Gasteiger charge is -2.28. The summed E-state index contributed by atoms with van der Waals surface area (Å²) in [6.07, 6.45) is 0. The van der Waals surface area contributed by atoms with E-state index in [0.717, 1.165) is 38.4 Å². The lowest BCUT2D eigenvalue weighted by atomic mass is 9.97. The van der Waals surface area contributed by atoms with Crippen molar-refractivity contribution in [3.63, 3.8) is 0 Å². The molecule has 3 N–H and O–H groups in total. The van der Waals surface area contributed by atoms with E-state index in [1.807, 2.05) is 12.1 Å². The van der Waals surface area contributed by atoms with Crippen LogP contribution in [0.2, 0.25) is 0 Å². The van der Waals surface area contributed by atoms with E-state index < -0.39 is 20.9 Å². The Hall–Kier alpha value is -0.990. The Morgan fingerprint density at radius 1 is 1.27 bits per heavy atom. The number of nitrogens with zero attached hydrogens (tertiary/aromatic N) is 1. The van der Waals surface area contributed by atoms with Crippen LogP contribution in [-0.4, -0.2) is 50.3 Å². The number of ether oxygens (including phenoxy) is 1. The van der Waals surface area contributed by atoms with Crippen LogP contribution in [0.15, 0.2) is 24.3 Å². The van der Waals surface area contributed by atoms with Gasteiger partial charge in [-0.25, -0.2) is 13.6 Å². The number of aliphatic hydroxyl groups is 1. The normalized spacial score (nSPS) is 19.1. The van der Waals surface area contributed by atoms with Crippen LogP contribution >= 0.6 is 0 Å². The molecule has 7 heteroatoms. The minimum absolute atomic E-state index is 0.501. The van der Waals surface area contributed by atoms with Crippen LogP contribution in [0.3, 0.4) is 0 Å². The summed E-state index contributed by atoms with van der Waals surface area (Å²) in [7, 11) is -3.89. The molecule has 1 aromatic rings. The molecule has 1 atom stereocenters. The molecule has 1 aromatic carbocycles. The molecule has 0 aromatic heterocycles. The maximum Gasteiger partial charge on any atom is 0.219 e. The molecule has 0 saturated carbocycles. The number of primary sulfonamides is 1. The van der Waals surface area contributed by atoms with Crippen molar-refractivity contribution < 1.29 is 18.3 Å². The van der Waals surface area contributed by atoms with E-state index in [0.29, 0.717) is 5.56 Å². The fourth-order valence-corrected chi connectivity index (χ4v) is 4.16. The molecular weight excluding hydrogens is 304 g/mol. The van der Waals surface area contributed by atoms with Crippen molar-refractivity contribution in [2.75, 3.05) is 26.3 Å². The summed E-state index contributed by atoms with van der Waals surface area (Å²) in [5.41, 5.74) is 0.148. The fraction of sp³-hybridized carbons (Fsp3) is 0.600. The molecule has 1 heterocycles. The van der Waals surface area contributed by atoms with Gasteiger partial charge in [0.2, 0.25) is 10.0 Å². The third-order valence-electron chi connectivity index (χ3n) is 3.76. The summed E-state index contributed by atoms with van der Waals surface area (Å²) in [5, 5.41) is 14.2. The first-order valence-electron chi connectivity index (χ1n) is 7.31. The Balaban J connectivity index is 2.16. The highest BCUT2D eigenvalue weighted by atomic mass is 32.2. The first kappa shape index (κ1) is 17.4. The first-order valence-corrected chi connectivity index (χ1v) is 8.92. The van der Waals surface area contributed by atoms with Gasteiger partial charge < -0.3 is 9.84 Å². The number of rotatable bonds is 5. The summed E-state index contributed by atoms with van der Waals surface area (Å²) in [5.74, 6) is 0. The average Bonchev–Trinajstić information content (AvgIpc) is 2.39. The first-order chi connectivity index (χ1) is 10.2. The number of hydrogen-bond acceptors (Lipinski definition) is 5. The van der Waals surface area contributed by atoms with E-state index in [4.69, 9.17) is 9.88 Å². The zero-order valence-electron chi connectivity index (χ0n) is 13.0. The summed E-state index contributed by atoms with van der Waals surface area (Å²) in [4.78, 5) is 2.28. The van der Waals surface area contributed by atoms with E-state index in [1.165, 1.54) is 13.8 Å². The second-order valence-electron chi connectivity index (χ2n) is 6.25. The lowest BCUT2D eigenvalue weighted by molar-refractivity contribution is 0.0342. The van der Waals surface area contributed by atoms with Gasteiger partial charge in [0.25, 0.3) is 0 Å². The van der Waals surface area contributed by atoms with Crippen LogP contribution in [0, 0.1) is 0 Å². The molecule has 0 unspecified atom stereocenters. The quantitative estimate of drug-likeness (QED) is 0.826. The Morgan fingerprint density at radius 2 is 1.82 bits per heavy atom. The number of sulfonamides is 1. The maximum atomic E-state index is 11.8. The van der Waals surface area contributed by atoms with Crippen molar-refractivity contribution in [1.82, 2.24) is 4.90 Å². The minimum Gasteiger partial charge on any atom is -0.389 e. The number of benzene rings is 1. The molecule has 0 amide bonds. The van der Waals surface area contributed by atoms with Gasteiger partial charge in [0.15, 0.2) is 0 Å². The predicted molar refractivity (Wildman–Crippen MR) is 84.7 cm³/mol. The standard InChI is InChI=1S/C15H24N2O4S/c1-15(2,18)14(22(16,19)20)13-5-3-12(4-6-13)11-17-7-9-21-10-8-17/h3-6,14,18H,7-11H2,1-2H3,(H2,16,19,20)/t14-/m0/s1. The van der Waals surface area contributed by atoms with E-state index >= 15 is 0 Å². The number of hydrogen-bond donors (Lipinski definition) is 2. The Kier molecular flexibility index (Phi) is 5.24. The van der Waals surface area contributed by atoms with Gasteiger partial charge in [-0.15, -0.1) is 0 Å². The van der Waals surface area contributed by atoms with Gasteiger partial charge in [0, 0.05) is 19.6 Å². The fourth-order valence-electron chi connectivity index (χ4n) is 2.81. The summed E-state index contributed by atoms with van der Waals surface area (Å²) < 4.78 is 28.9. The molecule has 0 spiro atoms. The molecule has 2 rings (SSSR count). The summed E-state index contributed by atoms with van der Waals surface area (Å²) in [6.45, 7) is 6.96. The van der Waals surface area contributed by atoms with Gasteiger partial charge in [-0.2, -0.15) is 0 Å². The van der Waals surface area contributed by atoms with Crippen molar-refractivity contribution in [3.8, 4) is 0 Å². The van der Waals surface area contributed by atoms with Crippen LogP contribution in [0.1, 0.15) is 30.2 Å². The topological polar surface area (TPSA) is 92.9 Å². The number of nitrogens with two attached hydrogens (primary N) is 1. The summed E-state index contributed by atoms with van der Waals surface area (Å²) >= 11 is 0. The van der Waals surface area contributed by atoms with E-state index in [1.54, 1.807) is 12.1 Å². The second-order valence-corrected chi connectivity index (χ2v) is 7.90. The minimum atomic E-state index is -3.89. The Morgan fingerprint density at radius 3 is 2.27 bits per heavy atom. The van der Waals surface area contributed by atoms with Crippen LogP contribution < -0.4 is 5.14 Å². The largest absolute Gasteiger partial charge is 0.389 e. The van der Waals surface area contributed by atoms with Crippen LogP contribution in [-0.2, 0) is 21.3 Å². The highest BCUT2D eigenvalue weighted by Gasteiger charge is 2.37. The van der Waals surface area contributed by atoms with E-state index in [9.17, 15) is 13.5 Å². The smallest absolute Gasteiger partial charge is 0.219 e. The SMILES string of the molecule is CC(C)(O)[C@H](c1ccc(CN2CCOCC2)cc1)S(N)(=O)=O. The Labute approximate surface area is 131 Å². The van der Waals surface area contributed by atoms with Crippen molar-refractivity contribution in [2.24, 2.45) is 5.14 Å². The van der Waals surface area contributed by atoms with Gasteiger partial charge in [-0.1, -0.05) is 24.3 Å². The van der Waals surface area contributed by atoms with Crippen LogP contribution in [0.25, 0.3) is 0 Å². The van der Waals surface area contributed by atoms with Gasteiger partial charge in [0.05, 0.1) is 18.8 Å². The highest BCUT2D eigenvalue weighted by Crippen LogP contribution is 2.31. The van der Waals surface area contributed by atoms with Gasteiger partial charge >= 0.3 is 0 Å². The Bertz CT molecular complexity index is 587. The van der Waals surface area contributed by atoms with Crippen LogP contribution in [0.5, 0.6) is 0 Å². The molecule has 124 valence electrons. The molecule has 1 aliphatic rings. The molecule has 22 heavy (non-hydrogen) atoms. The third kappa shape index (κ3) is 4.50. The average molecular weight is 328 g/mol. The van der Waals surface area contributed by atoms with Gasteiger partial charge in [-0.05, 0) is 25.0 Å². The van der Waals surface area contributed by atoms with Crippen LogP contribution in [0.4, 0.5) is 0 Å². The number of morpholine rings is 1. The third-order valence-corrected chi connectivity index (χ3v) is 5.27. The van der Waals surface area contributed by atoms with Crippen molar-refractivity contribution >= 4 is 10.0 Å². The molecule has 1 aliphatic heterocycles. The zero-order chi connectivity index (χ0) is 16.4. The summed E-state index contributed by atoms with van der Waals surface area (Å²) in [6, 6.07) is 7.22. The molecule has 1 saturated heterocycles. The molecule has 0 radical (unpaired) electrons. The second kappa shape index (κ2) is 6.64. The monoisotopic (exact) mass is 328 g/mol. The van der Waals surface area contributed by atoms with E-state index in [2.05, 4.69) is 4.90 Å². The predicted octanol–water partition coefficient (Wildman–Crippen LogP) is 0.619.